The van der Waals surface area contributed by atoms with Crippen molar-refractivity contribution in [2.45, 2.75) is 20.3 Å². The highest BCUT2D eigenvalue weighted by Crippen LogP contribution is 2.12. The van der Waals surface area contributed by atoms with Crippen molar-refractivity contribution >= 4 is 11.8 Å². The van der Waals surface area contributed by atoms with Gasteiger partial charge in [0.25, 0.3) is 0 Å². The quantitative estimate of drug-likeness (QED) is 0.638. The Morgan fingerprint density at radius 1 is 1.19 bits per heavy atom. The molecule has 3 rings (SSSR count). The van der Waals surface area contributed by atoms with Gasteiger partial charge in [0.15, 0.2) is 5.96 Å². The molecule has 1 aliphatic heterocycles. The molecule has 3 heterocycles. The van der Waals surface area contributed by atoms with Crippen molar-refractivity contribution in [1.29, 1.82) is 0 Å². The van der Waals surface area contributed by atoms with Crippen molar-refractivity contribution in [3.05, 3.63) is 48.6 Å². The minimum atomic E-state index is 0.548. The van der Waals surface area contributed by atoms with Crippen molar-refractivity contribution < 1.29 is 4.42 Å². The van der Waals surface area contributed by atoms with Crippen LogP contribution < -0.4 is 10.2 Å². The zero-order valence-electron chi connectivity index (χ0n) is 15.8. The van der Waals surface area contributed by atoms with Crippen LogP contribution in [-0.4, -0.2) is 55.1 Å². The molecule has 0 amide bonds. The second-order valence-electron chi connectivity index (χ2n) is 6.98. The molecule has 1 aliphatic rings. The highest BCUT2D eigenvalue weighted by Gasteiger charge is 2.20. The van der Waals surface area contributed by atoms with Crippen LogP contribution >= 0.6 is 0 Å². The SMILES string of the molecule is CC(C)CN=C(NCCc1ccco1)N1CCN(c2ccccn2)CC1. The predicted molar refractivity (Wildman–Crippen MR) is 106 cm³/mol. The van der Waals surface area contributed by atoms with E-state index in [9.17, 15) is 0 Å². The maximum absolute atomic E-state index is 5.41. The van der Waals surface area contributed by atoms with E-state index in [4.69, 9.17) is 9.41 Å². The van der Waals surface area contributed by atoms with Gasteiger partial charge in [0.05, 0.1) is 6.26 Å². The summed E-state index contributed by atoms with van der Waals surface area (Å²) in [5, 5.41) is 3.52. The van der Waals surface area contributed by atoms with Crippen molar-refractivity contribution in [3.63, 3.8) is 0 Å². The Bertz CT molecular complexity index is 661. The van der Waals surface area contributed by atoms with Gasteiger partial charge in [0, 0.05) is 51.9 Å². The molecule has 1 saturated heterocycles. The molecule has 6 nitrogen and oxygen atoms in total. The van der Waals surface area contributed by atoms with E-state index in [2.05, 4.69) is 40.0 Å². The van der Waals surface area contributed by atoms with Gasteiger partial charge in [-0.2, -0.15) is 0 Å². The van der Waals surface area contributed by atoms with Crippen molar-refractivity contribution in [2.24, 2.45) is 10.9 Å². The van der Waals surface area contributed by atoms with Crippen molar-refractivity contribution in [3.8, 4) is 0 Å². The van der Waals surface area contributed by atoms with Crippen LogP contribution in [0.1, 0.15) is 19.6 Å². The monoisotopic (exact) mass is 355 g/mol. The third-order valence-electron chi connectivity index (χ3n) is 4.39. The molecule has 0 bridgehead atoms. The summed E-state index contributed by atoms with van der Waals surface area (Å²) in [6.07, 6.45) is 4.44. The van der Waals surface area contributed by atoms with E-state index in [1.807, 2.05) is 30.5 Å². The second-order valence-corrected chi connectivity index (χ2v) is 6.98. The number of rotatable bonds is 6. The fourth-order valence-corrected chi connectivity index (χ4v) is 2.98. The topological polar surface area (TPSA) is 56.9 Å². The van der Waals surface area contributed by atoms with Crippen LogP contribution in [0.15, 0.2) is 52.2 Å². The number of aliphatic imine (C=N–C) groups is 1. The molecule has 2 aromatic rings. The van der Waals surface area contributed by atoms with Crippen LogP contribution in [0.4, 0.5) is 5.82 Å². The number of piperazine rings is 1. The van der Waals surface area contributed by atoms with Gasteiger partial charge in [0.1, 0.15) is 11.6 Å². The lowest BCUT2D eigenvalue weighted by atomic mass is 10.2. The summed E-state index contributed by atoms with van der Waals surface area (Å²) in [6.45, 7) is 9.86. The Hall–Kier alpha value is -2.50. The number of nitrogens with zero attached hydrogens (tertiary/aromatic N) is 4. The third-order valence-corrected chi connectivity index (χ3v) is 4.39. The van der Waals surface area contributed by atoms with Crippen LogP contribution in [-0.2, 0) is 6.42 Å². The number of hydrogen-bond acceptors (Lipinski definition) is 4. The van der Waals surface area contributed by atoms with Gasteiger partial charge in [-0.3, -0.25) is 4.99 Å². The first-order valence-corrected chi connectivity index (χ1v) is 9.44. The van der Waals surface area contributed by atoms with Crippen molar-refractivity contribution in [1.82, 2.24) is 15.2 Å². The molecule has 0 saturated carbocycles. The molecule has 0 spiro atoms. The van der Waals surface area contributed by atoms with Crippen molar-refractivity contribution in [2.75, 3.05) is 44.2 Å². The van der Waals surface area contributed by atoms with E-state index in [1.54, 1.807) is 6.26 Å². The van der Waals surface area contributed by atoms with Gasteiger partial charge in [-0.1, -0.05) is 19.9 Å². The summed E-state index contributed by atoms with van der Waals surface area (Å²) in [5.74, 6) is 3.61. The van der Waals surface area contributed by atoms with Gasteiger partial charge in [0.2, 0.25) is 0 Å². The van der Waals surface area contributed by atoms with Gasteiger partial charge < -0.3 is 19.5 Å². The summed E-state index contributed by atoms with van der Waals surface area (Å²) in [6, 6.07) is 10.0. The first-order valence-electron chi connectivity index (χ1n) is 9.44. The molecule has 140 valence electrons. The molecule has 2 aromatic heterocycles. The molecule has 1 fully saturated rings. The van der Waals surface area contributed by atoms with E-state index in [0.717, 1.165) is 63.2 Å². The largest absolute Gasteiger partial charge is 0.469 e. The van der Waals surface area contributed by atoms with E-state index in [1.165, 1.54) is 0 Å². The first-order chi connectivity index (χ1) is 12.7. The van der Waals surface area contributed by atoms with Gasteiger partial charge in [-0.25, -0.2) is 4.98 Å². The average Bonchev–Trinajstić information content (AvgIpc) is 3.19. The number of hydrogen-bond donors (Lipinski definition) is 1. The second kappa shape index (κ2) is 9.27. The summed E-state index contributed by atoms with van der Waals surface area (Å²) < 4.78 is 5.41. The predicted octanol–water partition coefficient (Wildman–Crippen LogP) is 2.64. The number of guanidine groups is 1. The molecule has 0 radical (unpaired) electrons. The lowest BCUT2D eigenvalue weighted by molar-refractivity contribution is 0.369. The summed E-state index contributed by atoms with van der Waals surface area (Å²) in [5.41, 5.74) is 0. The zero-order valence-corrected chi connectivity index (χ0v) is 15.8. The number of nitrogens with one attached hydrogen (secondary N) is 1. The standard InChI is InChI=1S/C20H29N5O/c1-17(2)16-23-20(22-10-8-18-6-5-15-26-18)25-13-11-24(12-14-25)19-7-3-4-9-21-19/h3-7,9,15,17H,8,10-14,16H2,1-2H3,(H,22,23). The first kappa shape index (κ1) is 18.3. The number of pyridine rings is 1. The molecule has 6 heteroatoms. The van der Waals surface area contributed by atoms with Crippen LogP contribution in [0.3, 0.4) is 0 Å². The molecule has 0 unspecified atom stereocenters. The van der Waals surface area contributed by atoms with Crippen LogP contribution in [0.25, 0.3) is 0 Å². The molecular weight excluding hydrogens is 326 g/mol. The van der Waals surface area contributed by atoms with E-state index in [0.29, 0.717) is 5.92 Å². The fourth-order valence-electron chi connectivity index (χ4n) is 2.98. The minimum Gasteiger partial charge on any atom is -0.469 e. The zero-order chi connectivity index (χ0) is 18.2. The number of anilines is 1. The Balaban J connectivity index is 1.55. The Morgan fingerprint density at radius 3 is 2.69 bits per heavy atom. The summed E-state index contributed by atoms with van der Waals surface area (Å²) >= 11 is 0. The lowest BCUT2D eigenvalue weighted by Crippen LogP contribution is -2.53. The fraction of sp³-hybridized carbons (Fsp3) is 0.500. The van der Waals surface area contributed by atoms with E-state index in [-0.39, 0.29) is 0 Å². The number of furan rings is 1. The highest BCUT2D eigenvalue weighted by molar-refractivity contribution is 5.80. The normalized spacial score (nSPS) is 15.6. The molecule has 26 heavy (non-hydrogen) atoms. The van der Waals surface area contributed by atoms with E-state index >= 15 is 0 Å². The van der Waals surface area contributed by atoms with E-state index < -0.39 is 0 Å². The Kier molecular flexibility index (Phi) is 6.52. The Labute approximate surface area is 155 Å². The summed E-state index contributed by atoms with van der Waals surface area (Å²) in [4.78, 5) is 14.0. The van der Waals surface area contributed by atoms with Gasteiger partial charge in [-0.15, -0.1) is 0 Å². The minimum absolute atomic E-state index is 0.548. The highest BCUT2D eigenvalue weighted by atomic mass is 16.3. The van der Waals surface area contributed by atoms with Crippen LogP contribution in [0.5, 0.6) is 0 Å². The summed E-state index contributed by atoms with van der Waals surface area (Å²) in [7, 11) is 0. The van der Waals surface area contributed by atoms with Gasteiger partial charge in [-0.05, 0) is 30.2 Å². The Morgan fingerprint density at radius 2 is 2.04 bits per heavy atom. The van der Waals surface area contributed by atoms with Crippen LogP contribution in [0.2, 0.25) is 0 Å². The maximum Gasteiger partial charge on any atom is 0.194 e. The number of aromatic nitrogens is 1. The van der Waals surface area contributed by atoms with Crippen LogP contribution in [0, 0.1) is 5.92 Å². The third kappa shape index (κ3) is 5.25. The molecule has 1 N–H and O–H groups in total. The van der Waals surface area contributed by atoms with Gasteiger partial charge >= 0.3 is 0 Å². The average molecular weight is 355 g/mol. The molecule has 0 aromatic carbocycles. The smallest absolute Gasteiger partial charge is 0.194 e. The lowest BCUT2D eigenvalue weighted by Gasteiger charge is -2.37. The molecule has 0 aliphatic carbocycles. The molecule has 0 atom stereocenters. The maximum atomic E-state index is 5.41. The molecular formula is C20H29N5O.